The monoisotopic (exact) mass is 3480 g/mol. The summed E-state index contributed by atoms with van der Waals surface area (Å²) in [6.45, 7) is 0. The molecule has 367 valence electrons. The van der Waals surface area contributed by atoms with E-state index in [0.717, 1.165) is 0 Å². The van der Waals surface area contributed by atoms with Crippen LogP contribution in [0.15, 0.2) is 0 Å². The standard InChI is InChI=1S/C20Br41/c21-1(22)2(23,24)3(25,26)4(27,28)5(29,30)6(31,32)7(33,34)8(35,36)9(37,38)10(39,40)11(41,42)12(43,44)13(45,46)14(47,48)15(49,50)16(51,52)17(53,54)18(55,56)19(57,58)20(59,60)61. The van der Waals surface area contributed by atoms with Crippen LogP contribution < -0.4 is 0 Å². The molecule has 0 bridgehead atoms. The second-order valence-electron chi connectivity index (χ2n) is 11.1. The Balaban J connectivity index is 7.95. The Labute approximate surface area is 698 Å². The molecule has 0 atom stereocenters. The van der Waals surface area contributed by atoms with Crippen molar-refractivity contribution < 1.29 is 0 Å². The van der Waals surface area contributed by atoms with Gasteiger partial charge in [-0.1, -0.05) is 653 Å². The molecule has 0 amide bonds. The average molecular weight is 3520 g/mol. The van der Waals surface area contributed by atoms with Crippen molar-refractivity contribution in [1.29, 1.82) is 0 Å². The number of alkyl halides is 39. The Bertz CT molecular complexity index is 1580. The van der Waals surface area contributed by atoms with E-state index >= 15 is 0 Å². The van der Waals surface area contributed by atoms with Gasteiger partial charge in [-0.2, -0.15) is 0 Å². The van der Waals surface area contributed by atoms with Gasteiger partial charge in [0.1, 0.15) is 61.9 Å². The number of hydrogen-bond donors (Lipinski definition) is 0. The van der Waals surface area contributed by atoms with Gasteiger partial charge in [-0.15, -0.1) is 0 Å². The van der Waals surface area contributed by atoms with E-state index in [-0.39, 0.29) is 0 Å². The molecular formula is C20Br41. The smallest absolute Gasteiger partial charge is 0.0675 e. The van der Waals surface area contributed by atoms with Crippen molar-refractivity contribution in [2.24, 2.45) is 0 Å². The van der Waals surface area contributed by atoms with Gasteiger partial charge in [-0.25, -0.2) is 0 Å². The topological polar surface area (TPSA) is 0 Å². The van der Waals surface area contributed by atoms with E-state index in [1.54, 1.807) is 0 Å². The molecule has 0 spiro atoms. The minimum atomic E-state index is -1.38. The summed E-state index contributed by atoms with van der Waals surface area (Å²) < 4.78 is -23.1. The normalized spacial score (nSPS) is 17.4. The SMILES string of the molecule is Br[C](Br)C(Br)(Br)C(Br)(Br)C(Br)(Br)C(Br)(Br)C(Br)(Br)C(Br)(Br)C(Br)(Br)C(Br)(Br)C(Br)(Br)C(Br)(Br)C(Br)(Br)C(Br)(Br)C(Br)(Br)C(Br)(Br)C(Br)(Br)C(Br)(Br)C(Br)(Br)C(Br)(Br)C(Br)(Br)Br. The second kappa shape index (κ2) is 26.4. The molecular weight excluding hydrogens is 3520 g/mol. The highest BCUT2D eigenvalue weighted by molar-refractivity contribution is 9.43. The number of hydrogen-bond acceptors (Lipinski definition) is 0. The Hall–Kier alpha value is 19.7. The van der Waals surface area contributed by atoms with Crippen LogP contribution in [0.3, 0.4) is 0 Å². The quantitative estimate of drug-likeness (QED) is 0.120. The molecule has 0 rings (SSSR count). The van der Waals surface area contributed by atoms with Crippen molar-refractivity contribution in [1.82, 2.24) is 0 Å². The lowest BCUT2D eigenvalue weighted by atomic mass is 10.0. The maximum absolute atomic E-state index is 4.06. The minimum absolute atomic E-state index is 0.616. The van der Waals surface area contributed by atoms with Gasteiger partial charge in [0.2, 0.25) is 0 Å². The number of halogens is 41. The molecule has 0 N–H and O–H groups in total. The van der Waals surface area contributed by atoms with Crippen LogP contribution in [-0.4, -0.2) is 60.3 Å². The summed E-state index contributed by atoms with van der Waals surface area (Å²) in [5.74, 6) is 0. The van der Waals surface area contributed by atoms with Crippen LogP contribution >= 0.6 is 653 Å². The van der Waals surface area contributed by atoms with Gasteiger partial charge in [0.25, 0.3) is 0 Å². The highest BCUT2D eigenvalue weighted by atomic mass is 80.0. The maximum atomic E-state index is 4.06. The van der Waals surface area contributed by atoms with Crippen LogP contribution in [0.1, 0.15) is 0 Å². The molecule has 0 nitrogen and oxygen atoms in total. The molecule has 0 aliphatic heterocycles. The lowest BCUT2D eigenvalue weighted by molar-refractivity contribution is 0.517. The largest absolute Gasteiger partial charge is 0.162 e. The van der Waals surface area contributed by atoms with E-state index in [0.29, 0.717) is 3.74 Å². The molecule has 0 heterocycles. The molecule has 61 heavy (non-hydrogen) atoms. The summed E-state index contributed by atoms with van der Waals surface area (Å²) in [5.41, 5.74) is 0. The van der Waals surface area contributed by atoms with Crippen LogP contribution in [0.4, 0.5) is 0 Å². The molecule has 0 unspecified atom stereocenters. The van der Waals surface area contributed by atoms with Crippen LogP contribution in [-0.2, 0) is 0 Å². The van der Waals surface area contributed by atoms with Crippen LogP contribution in [0.2, 0.25) is 0 Å². The van der Waals surface area contributed by atoms with Crippen LogP contribution in [0.25, 0.3) is 0 Å². The van der Waals surface area contributed by atoms with Crippen molar-refractivity contribution in [3.05, 3.63) is 3.74 Å². The Kier molecular flexibility index (Phi) is 34.9. The van der Waals surface area contributed by atoms with Gasteiger partial charge in [-0.3, -0.25) is 0 Å². The summed E-state index contributed by atoms with van der Waals surface area (Å²) in [6, 6.07) is 0. The summed E-state index contributed by atoms with van der Waals surface area (Å²) in [7, 11) is 0. The first-order valence-corrected chi connectivity index (χ1v) is 45.0. The summed E-state index contributed by atoms with van der Waals surface area (Å²) >= 11 is 161. The van der Waals surface area contributed by atoms with Crippen LogP contribution in [0, 0.1) is 3.74 Å². The zero-order valence-electron chi connectivity index (χ0n) is 25.5. The van der Waals surface area contributed by atoms with E-state index in [1.165, 1.54) is 0 Å². The van der Waals surface area contributed by atoms with Crippen LogP contribution in [0.5, 0.6) is 0 Å². The van der Waals surface area contributed by atoms with Gasteiger partial charge in [-0.05, 0) is 0 Å². The van der Waals surface area contributed by atoms with Gasteiger partial charge >= 0.3 is 0 Å². The molecule has 0 aliphatic rings. The average Bonchev–Trinajstić information content (AvgIpc) is 3.02. The molecule has 0 aromatic heterocycles. The first kappa shape index (κ1) is 80.7. The molecule has 0 aromatic rings. The minimum Gasteiger partial charge on any atom is -0.0675 e. The Morgan fingerprint density at radius 2 is 0.246 bits per heavy atom. The summed E-state index contributed by atoms with van der Waals surface area (Å²) in [6.07, 6.45) is 0. The van der Waals surface area contributed by atoms with E-state index in [4.69, 9.17) is 0 Å². The molecule has 1 radical (unpaired) electrons. The number of rotatable bonds is 18. The molecule has 0 saturated heterocycles. The van der Waals surface area contributed by atoms with Crippen molar-refractivity contribution in [2.45, 2.75) is 60.3 Å². The van der Waals surface area contributed by atoms with Gasteiger partial charge in [0.15, 0.2) is 2.14 Å². The highest BCUT2D eigenvalue weighted by Crippen LogP contribution is 2.85. The predicted octanol–water partition coefficient (Wildman–Crippen LogP) is 30.9. The van der Waals surface area contributed by atoms with Crippen molar-refractivity contribution >= 4 is 653 Å². The fraction of sp³-hybridized carbons (Fsp3) is 0.950. The second-order valence-corrected chi connectivity index (χ2v) is 82.5. The van der Waals surface area contributed by atoms with E-state index in [2.05, 4.69) is 653 Å². The summed E-state index contributed by atoms with van der Waals surface area (Å²) in [4.78, 5) is 0. The van der Waals surface area contributed by atoms with Gasteiger partial charge in [0, 0.05) is 0 Å². The fourth-order valence-electron chi connectivity index (χ4n) is 3.45. The zero-order chi connectivity index (χ0) is 51.1. The van der Waals surface area contributed by atoms with Crippen molar-refractivity contribution in [3.8, 4) is 0 Å². The highest BCUT2D eigenvalue weighted by Gasteiger charge is 2.85. The zero-order valence-corrected chi connectivity index (χ0v) is 90.5. The first-order chi connectivity index (χ1) is 25.4. The molecule has 0 fully saturated rings. The first-order valence-electron chi connectivity index (χ1n) is 12.5. The summed E-state index contributed by atoms with van der Waals surface area (Å²) in [5, 5.41) is 0. The third kappa shape index (κ3) is 13.6. The van der Waals surface area contributed by atoms with Gasteiger partial charge in [0.05, 0.1) is 0 Å². The third-order valence-corrected chi connectivity index (χ3v) is 94.2. The Morgan fingerprint density at radius 1 is 0.148 bits per heavy atom. The lowest BCUT2D eigenvalue weighted by Gasteiger charge is -2.62. The van der Waals surface area contributed by atoms with E-state index < -0.39 is 60.3 Å². The fourth-order valence-corrected chi connectivity index (χ4v) is 44.6. The van der Waals surface area contributed by atoms with Crippen molar-refractivity contribution in [3.63, 3.8) is 0 Å². The molecule has 0 aliphatic carbocycles. The Morgan fingerprint density at radius 3 is 0.344 bits per heavy atom. The molecule has 41 heteroatoms. The van der Waals surface area contributed by atoms with E-state index in [9.17, 15) is 0 Å². The predicted molar refractivity (Wildman–Crippen MR) is 421 cm³/mol. The molecule has 0 aromatic carbocycles. The third-order valence-electron chi connectivity index (χ3n) is 7.30. The van der Waals surface area contributed by atoms with Crippen molar-refractivity contribution in [2.75, 3.05) is 0 Å². The molecule has 0 saturated carbocycles. The van der Waals surface area contributed by atoms with E-state index in [1.807, 2.05) is 0 Å². The van der Waals surface area contributed by atoms with Gasteiger partial charge < -0.3 is 0 Å². The maximum Gasteiger partial charge on any atom is 0.162 e. The lowest BCUT2D eigenvalue weighted by Crippen LogP contribution is -2.74.